The molecule has 0 unspecified atom stereocenters. The SMILES string of the molecule is Cc1nnc2c(C(=O)NCCc3nc4cc(Cl)ccc4n3C)cccn12. The van der Waals surface area contributed by atoms with Crippen LogP contribution in [0.2, 0.25) is 5.02 Å². The first-order chi connectivity index (χ1) is 12.5. The van der Waals surface area contributed by atoms with E-state index in [2.05, 4.69) is 20.5 Å². The number of aromatic nitrogens is 5. The van der Waals surface area contributed by atoms with Crippen LogP contribution < -0.4 is 5.32 Å². The van der Waals surface area contributed by atoms with Gasteiger partial charge in [-0.05, 0) is 37.3 Å². The van der Waals surface area contributed by atoms with Gasteiger partial charge in [0.25, 0.3) is 5.91 Å². The number of rotatable bonds is 4. The van der Waals surface area contributed by atoms with Gasteiger partial charge in [0.15, 0.2) is 5.65 Å². The fraction of sp³-hybridized carbons (Fsp3) is 0.222. The summed E-state index contributed by atoms with van der Waals surface area (Å²) in [6, 6.07) is 9.19. The van der Waals surface area contributed by atoms with Gasteiger partial charge >= 0.3 is 0 Å². The number of aryl methyl sites for hydroxylation is 2. The molecule has 1 N–H and O–H groups in total. The monoisotopic (exact) mass is 368 g/mol. The van der Waals surface area contributed by atoms with Crippen LogP contribution in [-0.4, -0.2) is 36.6 Å². The van der Waals surface area contributed by atoms with E-state index in [1.165, 1.54) is 0 Å². The molecular weight excluding hydrogens is 352 g/mol. The molecule has 0 aliphatic heterocycles. The number of carbonyl (C=O) groups excluding carboxylic acids is 1. The van der Waals surface area contributed by atoms with Gasteiger partial charge in [0, 0.05) is 31.2 Å². The molecule has 0 saturated carbocycles. The number of nitrogens with zero attached hydrogens (tertiary/aromatic N) is 5. The molecule has 26 heavy (non-hydrogen) atoms. The highest BCUT2D eigenvalue weighted by Crippen LogP contribution is 2.19. The minimum Gasteiger partial charge on any atom is -0.351 e. The van der Waals surface area contributed by atoms with Crippen molar-refractivity contribution < 1.29 is 4.79 Å². The third kappa shape index (κ3) is 2.80. The summed E-state index contributed by atoms with van der Waals surface area (Å²) < 4.78 is 3.81. The van der Waals surface area contributed by atoms with Crippen LogP contribution in [-0.2, 0) is 13.5 Å². The first-order valence-electron chi connectivity index (χ1n) is 8.24. The molecule has 0 radical (unpaired) electrons. The molecule has 0 aliphatic carbocycles. The molecule has 3 aromatic heterocycles. The van der Waals surface area contributed by atoms with Crippen LogP contribution in [0.15, 0.2) is 36.5 Å². The lowest BCUT2D eigenvalue weighted by atomic mass is 10.2. The van der Waals surface area contributed by atoms with E-state index in [0.29, 0.717) is 29.2 Å². The normalized spacial score (nSPS) is 11.3. The molecule has 4 rings (SSSR count). The summed E-state index contributed by atoms with van der Waals surface area (Å²) >= 11 is 6.02. The van der Waals surface area contributed by atoms with E-state index in [1.807, 2.05) is 49.0 Å². The zero-order valence-corrected chi connectivity index (χ0v) is 15.2. The molecule has 1 amide bonds. The standard InChI is InChI=1S/C18H17ClN6O/c1-11-22-23-17-13(4-3-9-25(11)17)18(26)20-8-7-16-21-14-10-12(19)5-6-15(14)24(16)2/h3-6,9-10H,7-8H2,1-2H3,(H,20,26). The highest BCUT2D eigenvalue weighted by molar-refractivity contribution is 6.31. The summed E-state index contributed by atoms with van der Waals surface area (Å²) in [5.74, 6) is 1.46. The van der Waals surface area contributed by atoms with Gasteiger partial charge < -0.3 is 9.88 Å². The maximum absolute atomic E-state index is 12.5. The minimum atomic E-state index is -0.176. The Kier molecular flexibility index (Phi) is 4.08. The first-order valence-corrected chi connectivity index (χ1v) is 8.62. The van der Waals surface area contributed by atoms with Crippen LogP contribution in [0.5, 0.6) is 0 Å². The van der Waals surface area contributed by atoms with Crippen molar-refractivity contribution in [2.45, 2.75) is 13.3 Å². The summed E-state index contributed by atoms with van der Waals surface area (Å²) in [5.41, 5.74) is 2.93. The molecule has 0 spiro atoms. The summed E-state index contributed by atoms with van der Waals surface area (Å²) in [4.78, 5) is 17.1. The molecule has 132 valence electrons. The number of amides is 1. The van der Waals surface area contributed by atoms with Crippen LogP contribution >= 0.6 is 11.6 Å². The van der Waals surface area contributed by atoms with E-state index >= 15 is 0 Å². The first kappa shape index (κ1) is 16.5. The summed E-state index contributed by atoms with van der Waals surface area (Å²) in [6.07, 6.45) is 2.45. The van der Waals surface area contributed by atoms with E-state index in [4.69, 9.17) is 11.6 Å². The van der Waals surface area contributed by atoms with Crippen LogP contribution in [0.1, 0.15) is 22.0 Å². The number of halogens is 1. The molecule has 0 aliphatic rings. The Bertz CT molecular complexity index is 1130. The second-order valence-corrected chi connectivity index (χ2v) is 6.53. The average molecular weight is 369 g/mol. The zero-order valence-electron chi connectivity index (χ0n) is 14.4. The Labute approximate surface area is 154 Å². The number of fused-ring (bicyclic) bond motifs is 2. The zero-order chi connectivity index (χ0) is 18.3. The molecule has 4 aromatic rings. The minimum absolute atomic E-state index is 0.176. The van der Waals surface area contributed by atoms with E-state index in [0.717, 1.165) is 22.7 Å². The lowest BCUT2D eigenvalue weighted by Gasteiger charge is -2.06. The van der Waals surface area contributed by atoms with E-state index in [1.54, 1.807) is 10.5 Å². The van der Waals surface area contributed by atoms with Crippen LogP contribution in [0.25, 0.3) is 16.7 Å². The van der Waals surface area contributed by atoms with Crippen LogP contribution in [0.3, 0.4) is 0 Å². The topological polar surface area (TPSA) is 77.1 Å². The Hall–Kier alpha value is -2.93. The summed E-state index contributed by atoms with van der Waals surface area (Å²) in [5, 5.41) is 11.7. The number of imidazole rings is 1. The quantitative estimate of drug-likeness (QED) is 0.600. The smallest absolute Gasteiger partial charge is 0.255 e. The van der Waals surface area contributed by atoms with Gasteiger partial charge in [-0.25, -0.2) is 4.98 Å². The fourth-order valence-electron chi connectivity index (χ4n) is 3.04. The number of nitrogens with one attached hydrogen (secondary N) is 1. The third-order valence-corrected chi connectivity index (χ3v) is 4.65. The van der Waals surface area contributed by atoms with Crippen molar-refractivity contribution in [2.75, 3.05) is 6.54 Å². The number of carbonyl (C=O) groups is 1. The molecular formula is C18H17ClN6O. The largest absolute Gasteiger partial charge is 0.351 e. The third-order valence-electron chi connectivity index (χ3n) is 4.42. The molecule has 0 fully saturated rings. The van der Waals surface area contributed by atoms with Crippen molar-refractivity contribution in [3.05, 3.63) is 58.8 Å². The van der Waals surface area contributed by atoms with Gasteiger partial charge in [-0.3, -0.25) is 9.20 Å². The average Bonchev–Trinajstić information content (AvgIpc) is 3.15. The number of benzene rings is 1. The molecule has 0 saturated heterocycles. The van der Waals surface area contributed by atoms with Gasteiger partial charge in [-0.1, -0.05) is 11.6 Å². The van der Waals surface area contributed by atoms with Crippen molar-refractivity contribution in [2.24, 2.45) is 7.05 Å². The van der Waals surface area contributed by atoms with Gasteiger partial charge in [-0.15, -0.1) is 10.2 Å². The maximum atomic E-state index is 12.5. The van der Waals surface area contributed by atoms with Gasteiger partial charge in [-0.2, -0.15) is 0 Å². The Morgan fingerprint density at radius 1 is 1.27 bits per heavy atom. The fourth-order valence-corrected chi connectivity index (χ4v) is 3.20. The Balaban J connectivity index is 1.49. The molecule has 8 heteroatoms. The van der Waals surface area contributed by atoms with E-state index in [9.17, 15) is 4.79 Å². The lowest BCUT2D eigenvalue weighted by molar-refractivity contribution is 0.0955. The molecule has 7 nitrogen and oxygen atoms in total. The number of hydrogen-bond acceptors (Lipinski definition) is 4. The molecule has 1 aromatic carbocycles. The lowest BCUT2D eigenvalue weighted by Crippen LogP contribution is -2.27. The number of hydrogen-bond donors (Lipinski definition) is 1. The van der Waals surface area contributed by atoms with E-state index < -0.39 is 0 Å². The molecule has 0 bridgehead atoms. The second kappa shape index (κ2) is 6.42. The Morgan fingerprint density at radius 3 is 2.96 bits per heavy atom. The Morgan fingerprint density at radius 2 is 2.12 bits per heavy atom. The van der Waals surface area contributed by atoms with E-state index in [-0.39, 0.29) is 5.91 Å². The van der Waals surface area contributed by atoms with Crippen molar-refractivity contribution in [3.63, 3.8) is 0 Å². The predicted molar refractivity (Wildman–Crippen MR) is 99.5 cm³/mol. The van der Waals surface area contributed by atoms with Crippen molar-refractivity contribution in [1.82, 2.24) is 29.5 Å². The van der Waals surface area contributed by atoms with Gasteiger partial charge in [0.2, 0.25) is 0 Å². The van der Waals surface area contributed by atoms with Gasteiger partial charge in [0.1, 0.15) is 11.6 Å². The van der Waals surface area contributed by atoms with Crippen molar-refractivity contribution in [3.8, 4) is 0 Å². The molecule has 3 heterocycles. The summed E-state index contributed by atoms with van der Waals surface area (Å²) in [7, 11) is 1.96. The maximum Gasteiger partial charge on any atom is 0.255 e. The highest BCUT2D eigenvalue weighted by Gasteiger charge is 2.14. The van der Waals surface area contributed by atoms with Crippen molar-refractivity contribution in [1.29, 1.82) is 0 Å². The highest BCUT2D eigenvalue weighted by atomic mass is 35.5. The van der Waals surface area contributed by atoms with Crippen LogP contribution in [0, 0.1) is 6.92 Å². The molecule has 0 atom stereocenters. The van der Waals surface area contributed by atoms with Gasteiger partial charge in [0.05, 0.1) is 16.6 Å². The van der Waals surface area contributed by atoms with Crippen molar-refractivity contribution >= 4 is 34.2 Å². The summed E-state index contributed by atoms with van der Waals surface area (Å²) in [6.45, 7) is 2.32. The predicted octanol–water partition coefficient (Wildman–Crippen LogP) is 2.55. The second-order valence-electron chi connectivity index (χ2n) is 6.09. The van der Waals surface area contributed by atoms with Crippen LogP contribution in [0.4, 0.5) is 0 Å². The number of pyridine rings is 1.